The van der Waals surface area contributed by atoms with Crippen LogP contribution in [-0.4, -0.2) is 39.6 Å². The molecule has 0 N–H and O–H groups in total. The van der Waals surface area contributed by atoms with Crippen molar-refractivity contribution in [1.29, 1.82) is 0 Å². The van der Waals surface area contributed by atoms with Crippen LogP contribution >= 0.6 is 15.9 Å². The highest BCUT2D eigenvalue weighted by Crippen LogP contribution is 2.00. The maximum atomic E-state index is 4.16. The third-order valence-electron chi connectivity index (χ3n) is 2.32. The highest BCUT2D eigenvalue weighted by Gasteiger charge is 2.02. The van der Waals surface area contributed by atoms with Gasteiger partial charge in [-0.15, -0.1) is 0 Å². The molecule has 0 aromatic carbocycles. The summed E-state index contributed by atoms with van der Waals surface area (Å²) in [7, 11) is 1.96. The van der Waals surface area contributed by atoms with E-state index in [4.69, 9.17) is 0 Å². The minimum Gasteiger partial charge on any atom is -0.302 e. The summed E-state index contributed by atoms with van der Waals surface area (Å²) in [6.45, 7) is 5.56. The van der Waals surface area contributed by atoms with Gasteiger partial charge in [0.05, 0.1) is 6.20 Å². The van der Waals surface area contributed by atoms with Crippen molar-refractivity contribution in [3.63, 3.8) is 0 Å². The van der Waals surface area contributed by atoms with Gasteiger partial charge in [0.15, 0.2) is 0 Å². The molecule has 14 heavy (non-hydrogen) atoms. The zero-order valence-corrected chi connectivity index (χ0v) is 10.5. The summed E-state index contributed by atoms with van der Waals surface area (Å²) in [6, 6.07) is 0. The molecular weight excluding hydrogens is 242 g/mol. The zero-order valence-electron chi connectivity index (χ0n) is 8.91. The van der Waals surface area contributed by atoms with E-state index in [1.807, 2.05) is 17.9 Å². The van der Waals surface area contributed by atoms with E-state index in [1.165, 1.54) is 5.56 Å². The molecule has 0 saturated heterocycles. The van der Waals surface area contributed by atoms with E-state index in [0.717, 1.165) is 31.4 Å². The number of nitrogens with zero attached hydrogens (tertiary/aromatic N) is 3. The molecule has 1 aromatic heterocycles. The van der Waals surface area contributed by atoms with Crippen molar-refractivity contribution in [2.24, 2.45) is 7.05 Å². The summed E-state index contributed by atoms with van der Waals surface area (Å²) in [6.07, 6.45) is 5.12. The van der Waals surface area contributed by atoms with Crippen LogP contribution in [0.1, 0.15) is 12.5 Å². The third-order valence-corrected chi connectivity index (χ3v) is 2.68. The molecule has 0 fully saturated rings. The molecule has 0 bridgehead atoms. The van der Waals surface area contributed by atoms with Gasteiger partial charge in [-0.3, -0.25) is 4.68 Å². The normalized spacial score (nSPS) is 11.1. The first-order valence-electron chi connectivity index (χ1n) is 5.02. The third kappa shape index (κ3) is 3.80. The highest BCUT2D eigenvalue weighted by atomic mass is 79.9. The molecule has 0 spiro atoms. The van der Waals surface area contributed by atoms with Crippen molar-refractivity contribution < 1.29 is 0 Å². The Morgan fingerprint density at radius 1 is 1.50 bits per heavy atom. The molecule has 4 heteroatoms. The topological polar surface area (TPSA) is 21.1 Å². The number of hydrogen-bond donors (Lipinski definition) is 0. The van der Waals surface area contributed by atoms with Crippen molar-refractivity contribution >= 4 is 15.9 Å². The first kappa shape index (κ1) is 11.7. The Hall–Kier alpha value is -0.350. The largest absolute Gasteiger partial charge is 0.302 e. The molecular formula is C10H18BrN3. The Morgan fingerprint density at radius 2 is 2.29 bits per heavy atom. The van der Waals surface area contributed by atoms with Crippen LogP contribution in [0.5, 0.6) is 0 Å². The quantitative estimate of drug-likeness (QED) is 0.726. The molecule has 0 unspecified atom stereocenters. The molecule has 0 saturated carbocycles. The van der Waals surface area contributed by atoms with Gasteiger partial charge in [0, 0.05) is 31.7 Å². The maximum Gasteiger partial charge on any atom is 0.0522 e. The van der Waals surface area contributed by atoms with Gasteiger partial charge in [-0.2, -0.15) is 5.10 Å². The van der Waals surface area contributed by atoms with E-state index in [9.17, 15) is 0 Å². The Morgan fingerprint density at radius 3 is 2.79 bits per heavy atom. The van der Waals surface area contributed by atoms with Crippen molar-refractivity contribution in [3.8, 4) is 0 Å². The number of aromatic nitrogens is 2. The van der Waals surface area contributed by atoms with Crippen LogP contribution in [0.3, 0.4) is 0 Å². The fraction of sp³-hybridized carbons (Fsp3) is 0.700. The van der Waals surface area contributed by atoms with Gasteiger partial charge in [-0.1, -0.05) is 22.9 Å². The zero-order chi connectivity index (χ0) is 10.4. The predicted molar refractivity (Wildman–Crippen MR) is 62.8 cm³/mol. The molecule has 0 radical (unpaired) electrons. The van der Waals surface area contributed by atoms with E-state index >= 15 is 0 Å². The average molecular weight is 260 g/mol. The van der Waals surface area contributed by atoms with Crippen molar-refractivity contribution in [2.45, 2.75) is 13.3 Å². The van der Waals surface area contributed by atoms with E-state index in [0.29, 0.717) is 0 Å². The second-order valence-electron chi connectivity index (χ2n) is 3.40. The average Bonchev–Trinajstić information content (AvgIpc) is 2.59. The molecule has 0 atom stereocenters. The molecule has 1 rings (SSSR count). The molecule has 0 aliphatic rings. The standard InChI is InChI=1S/C10H18BrN3/c1-3-14(7-5-11)6-4-10-8-12-13(2)9-10/h8-9H,3-7H2,1-2H3. The van der Waals surface area contributed by atoms with Crippen LogP contribution in [0.2, 0.25) is 0 Å². The van der Waals surface area contributed by atoms with E-state index < -0.39 is 0 Å². The summed E-state index contributed by atoms with van der Waals surface area (Å²) in [5.74, 6) is 0. The summed E-state index contributed by atoms with van der Waals surface area (Å²) in [5, 5.41) is 5.20. The van der Waals surface area contributed by atoms with Crippen LogP contribution in [0.25, 0.3) is 0 Å². The van der Waals surface area contributed by atoms with Crippen LogP contribution < -0.4 is 0 Å². The minimum atomic E-state index is 1.05. The Bertz CT molecular complexity index is 260. The number of likely N-dealkylation sites (N-methyl/N-ethyl adjacent to an activating group) is 1. The number of aryl methyl sites for hydroxylation is 1. The Kier molecular flexibility index (Phi) is 5.19. The second kappa shape index (κ2) is 6.19. The molecule has 0 aliphatic carbocycles. The van der Waals surface area contributed by atoms with Crippen LogP contribution in [0.4, 0.5) is 0 Å². The van der Waals surface area contributed by atoms with Crippen LogP contribution in [0, 0.1) is 0 Å². The number of rotatable bonds is 6. The SMILES string of the molecule is CCN(CCBr)CCc1cnn(C)c1. The summed E-state index contributed by atoms with van der Waals surface area (Å²) >= 11 is 3.46. The number of alkyl halides is 1. The maximum absolute atomic E-state index is 4.16. The minimum absolute atomic E-state index is 1.05. The van der Waals surface area contributed by atoms with E-state index in [2.05, 4.69) is 39.0 Å². The van der Waals surface area contributed by atoms with Crippen LogP contribution in [0.15, 0.2) is 12.4 Å². The van der Waals surface area contributed by atoms with Crippen molar-refractivity contribution in [3.05, 3.63) is 18.0 Å². The van der Waals surface area contributed by atoms with Crippen LogP contribution in [-0.2, 0) is 13.5 Å². The van der Waals surface area contributed by atoms with Gasteiger partial charge in [-0.05, 0) is 18.5 Å². The molecule has 3 nitrogen and oxygen atoms in total. The van der Waals surface area contributed by atoms with E-state index in [1.54, 1.807) is 0 Å². The van der Waals surface area contributed by atoms with Gasteiger partial charge in [0.1, 0.15) is 0 Å². The lowest BCUT2D eigenvalue weighted by Gasteiger charge is -2.18. The van der Waals surface area contributed by atoms with Gasteiger partial charge in [0.25, 0.3) is 0 Å². The lowest BCUT2D eigenvalue weighted by Crippen LogP contribution is -2.27. The van der Waals surface area contributed by atoms with Crippen molar-refractivity contribution in [2.75, 3.05) is 25.0 Å². The first-order chi connectivity index (χ1) is 6.76. The summed E-state index contributed by atoms with van der Waals surface area (Å²) in [5.41, 5.74) is 1.32. The molecule has 80 valence electrons. The summed E-state index contributed by atoms with van der Waals surface area (Å²) < 4.78 is 1.86. The predicted octanol–water partition coefficient (Wildman–Crippen LogP) is 1.68. The second-order valence-corrected chi connectivity index (χ2v) is 4.19. The van der Waals surface area contributed by atoms with Gasteiger partial charge < -0.3 is 4.90 Å². The molecule has 1 aromatic rings. The summed E-state index contributed by atoms with van der Waals surface area (Å²) in [4.78, 5) is 2.43. The molecule has 1 heterocycles. The smallest absolute Gasteiger partial charge is 0.0522 e. The van der Waals surface area contributed by atoms with Gasteiger partial charge >= 0.3 is 0 Å². The lowest BCUT2D eigenvalue weighted by molar-refractivity contribution is 0.311. The molecule has 0 amide bonds. The van der Waals surface area contributed by atoms with Crippen molar-refractivity contribution in [1.82, 2.24) is 14.7 Å². The fourth-order valence-corrected chi connectivity index (χ4v) is 1.94. The first-order valence-corrected chi connectivity index (χ1v) is 6.14. The fourth-order valence-electron chi connectivity index (χ4n) is 1.44. The molecule has 0 aliphatic heterocycles. The number of halogens is 1. The lowest BCUT2D eigenvalue weighted by atomic mass is 10.2. The Balaban J connectivity index is 2.31. The monoisotopic (exact) mass is 259 g/mol. The van der Waals surface area contributed by atoms with E-state index in [-0.39, 0.29) is 0 Å². The number of hydrogen-bond acceptors (Lipinski definition) is 2. The highest BCUT2D eigenvalue weighted by molar-refractivity contribution is 9.09. The van der Waals surface area contributed by atoms with Gasteiger partial charge in [-0.25, -0.2) is 0 Å². The Labute approximate surface area is 94.2 Å². The van der Waals surface area contributed by atoms with Gasteiger partial charge in [0.2, 0.25) is 0 Å².